The molecule has 1 aliphatic carbocycles. The average molecular weight is 488 g/mol. The van der Waals surface area contributed by atoms with Gasteiger partial charge in [-0.05, 0) is 56.0 Å². The van der Waals surface area contributed by atoms with Gasteiger partial charge in [0, 0.05) is 30.3 Å². The van der Waals surface area contributed by atoms with E-state index in [4.69, 9.17) is 14.0 Å². The van der Waals surface area contributed by atoms with Crippen LogP contribution in [-0.4, -0.2) is 59.9 Å². The van der Waals surface area contributed by atoms with E-state index in [1.54, 1.807) is 12.1 Å². The van der Waals surface area contributed by atoms with Crippen molar-refractivity contribution in [1.82, 2.24) is 20.4 Å². The molecule has 1 atom stereocenters. The van der Waals surface area contributed by atoms with E-state index in [0.29, 0.717) is 61.4 Å². The summed E-state index contributed by atoms with van der Waals surface area (Å²) in [6, 6.07) is 13.6. The number of hydrogen-bond acceptors (Lipinski definition) is 8. The number of amides is 1. The van der Waals surface area contributed by atoms with Gasteiger partial charge < -0.3 is 24.2 Å². The van der Waals surface area contributed by atoms with E-state index in [2.05, 4.69) is 27.6 Å². The van der Waals surface area contributed by atoms with Crippen LogP contribution in [0, 0.1) is 11.3 Å². The van der Waals surface area contributed by atoms with E-state index in [1.165, 1.54) is 5.56 Å². The van der Waals surface area contributed by atoms with Crippen molar-refractivity contribution in [3.63, 3.8) is 0 Å². The summed E-state index contributed by atoms with van der Waals surface area (Å²) in [6.07, 6.45) is 1.73. The van der Waals surface area contributed by atoms with Gasteiger partial charge in [0.1, 0.15) is 11.8 Å². The fourth-order valence-corrected chi connectivity index (χ4v) is 4.77. The summed E-state index contributed by atoms with van der Waals surface area (Å²) >= 11 is 0. The van der Waals surface area contributed by atoms with Crippen molar-refractivity contribution in [3.05, 3.63) is 53.1 Å². The number of nitrogens with zero attached hydrogens (tertiary/aromatic N) is 4. The van der Waals surface area contributed by atoms with Crippen LogP contribution in [0.4, 0.5) is 0 Å². The third-order valence-corrected chi connectivity index (χ3v) is 6.51. The molecule has 0 saturated carbocycles. The van der Waals surface area contributed by atoms with Crippen LogP contribution in [0.3, 0.4) is 0 Å². The SMILES string of the molecule is CC(C)Oc1ccc(-c2nc(-c3cccc4c3CCC4NCC(=O)N3CCOCC3)no2)cc1C#N. The molecule has 2 aliphatic rings. The standard InChI is InChI=1S/C27H29N5O4/c1-17(2)35-24-9-6-18(14-19(24)15-28)27-30-26(31-36-27)22-5-3-4-21-20(22)7-8-23(21)29-16-25(33)32-10-12-34-13-11-32/h3-6,9,14,17,23,29H,7-8,10-13,16H2,1-2H3. The predicted octanol–water partition coefficient (Wildman–Crippen LogP) is 3.50. The molecule has 2 aromatic carbocycles. The number of morpholine rings is 1. The quantitative estimate of drug-likeness (QED) is 0.539. The summed E-state index contributed by atoms with van der Waals surface area (Å²) in [5, 5.41) is 17.2. The molecule has 9 nitrogen and oxygen atoms in total. The van der Waals surface area contributed by atoms with E-state index in [9.17, 15) is 10.1 Å². The van der Waals surface area contributed by atoms with Gasteiger partial charge in [-0.1, -0.05) is 23.4 Å². The van der Waals surface area contributed by atoms with Crippen molar-refractivity contribution in [1.29, 1.82) is 5.26 Å². The van der Waals surface area contributed by atoms with Crippen molar-refractivity contribution >= 4 is 5.91 Å². The zero-order valence-corrected chi connectivity index (χ0v) is 20.5. The summed E-state index contributed by atoms with van der Waals surface area (Å²) < 4.78 is 16.6. The highest BCUT2D eigenvalue weighted by Gasteiger charge is 2.27. The molecule has 1 aliphatic heterocycles. The molecule has 1 N–H and O–H groups in total. The van der Waals surface area contributed by atoms with Gasteiger partial charge in [0.2, 0.25) is 11.7 Å². The lowest BCUT2D eigenvalue weighted by Gasteiger charge is -2.27. The Balaban J connectivity index is 1.32. The number of hydrogen-bond donors (Lipinski definition) is 1. The van der Waals surface area contributed by atoms with Gasteiger partial charge in [0.25, 0.3) is 5.89 Å². The number of nitrogens with one attached hydrogen (secondary N) is 1. The van der Waals surface area contributed by atoms with Gasteiger partial charge in [-0.3, -0.25) is 4.79 Å². The number of rotatable bonds is 7. The largest absolute Gasteiger partial charge is 0.490 e. The molecule has 2 heterocycles. The molecule has 0 bridgehead atoms. The predicted molar refractivity (Wildman–Crippen MR) is 132 cm³/mol. The topological polar surface area (TPSA) is 114 Å². The van der Waals surface area contributed by atoms with Crippen LogP contribution in [0.15, 0.2) is 40.9 Å². The second kappa shape index (κ2) is 10.5. The van der Waals surface area contributed by atoms with Crippen LogP contribution in [0.5, 0.6) is 5.75 Å². The summed E-state index contributed by atoms with van der Waals surface area (Å²) in [5.41, 5.74) is 4.33. The van der Waals surface area contributed by atoms with Crippen molar-refractivity contribution in [2.24, 2.45) is 0 Å². The molecule has 36 heavy (non-hydrogen) atoms. The number of nitriles is 1. The fourth-order valence-electron chi connectivity index (χ4n) is 4.77. The Kier molecular flexibility index (Phi) is 6.98. The second-order valence-electron chi connectivity index (χ2n) is 9.25. The number of aromatic nitrogens is 2. The maximum Gasteiger partial charge on any atom is 0.258 e. The first kappa shape index (κ1) is 24.0. The van der Waals surface area contributed by atoms with Gasteiger partial charge >= 0.3 is 0 Å². The Morgan fingerprint density at radius 3 is 2.89 bits per heavy atom. The molecule has 5 rings (SSSR count). The zero-order valence-electron chi connectivity index (χ0n) is 20.5. The van der Waals surface area contributed by atoms with Gasteiger partial charge in [0.15, 0.2) is 0 Å². The van der Waals surface area contributed by atoms with Crippen molar-refractivity contribution < 1.29 is 18.8 Å². The molecular weight excluding hydrogens is 458 g/mol. The first-order valence-corrected chi connectivity index (χ1v) is 12.3. The van der Waals surface area contributed by atoms with Crippen LogP contribution in [0.1, 0.15) is 43.0 Å². The maximum atomic E-state index is 12.6. The van der Waals surface area contributed by atoms with Gasteiger partial charge in [-0.25, -0.2) is 0 Å². The molecule has 1 amide bonds. The molecule has 1 aromatic heterocycles. The zero-order chi connectivity index (χ0) is 25.1. The third kappa shape index (κ3) is 4.96. The number of benzene rings is 2. The molecule has 0 radical (unpaired) electrons. The highest BCUT2D eigenvalue weighted by Crippen LogP contribution is 2.37. The lowest BCUT2D eigenvalue weighted by molar-refractivity contribution is -0.134. The number of fused-ring (bicyclic) bond motifs is 1. The monoisotopic (exact) mass is 487 g/mol. The van der Waals surface area contributed by atoms with Crippen LogP contribution < -0.4 is 10.1 Å². The number of carbonyl (C=O) groups is 1. The molecule has 1 unspecified atom stereocenters. The summed E-state index contributed by atoms with van der Waals surface area (Å²) in [4.78, 5) is 19.0. The van der Waals surface area contributed by atoms with Crippen LogP contribution in [0.2, 0.25) is 0 Å². The normalized spacial score (nSPS) is 17.2. The Bertz CT molecular complexity index is 1290. The van der Waals surface area contributed by atoms with E-state index in [-0.39, 0.29) is 18.1 Å². The smallest absolute Gasteiger partial charge is 0.258 e. The summed E-state index contributed by atoms with van der Waals surface area (Å²) in [7, 11) is 0. The van der Waals surface area contributed by atoms with Crippen molar-refractivity contribution in [2.75, 3.05) is 32.8 Å². The molecular formula is C27H29N5O4. The second-order valence-corrected chi connectivity index (χ2v) is 9.25. The Labute approximate surface area is 210 Å². The van der Waals surface area contributed by atoms with E-state index in [0.717, 1.165) is 24.0 Å². The van der Waals surface area contributed by atoms with E-state index in [1.807, 2.05) is 36.9 Å². The third-order valence-electron chi connectivity index (χ3n) is 6.51. The lowest BCUT2D eigenvalue weighted by Crippen LogP contribution is -2.45. The Morgan fingerprint density at radius 1 is 1.28 bits per heavy atom. The minimum Gasteiger partial charge on any atom is -0.490 e. The van der Waals surface area contributed by atoms with E-state index >= 15 is 0 Å². The van der Waals surface area contributed by atoms with Crippen molar-refractivity contribution in [3.8, 4) is 34.7 Å². The van der Waals surface area contributed by atoms with Crippen LogP contribution >= 0.6 is 0 Å². The highest BCUT2D eigenvalue weighted by molar-refractivity contribution is 5.78. The maximum absolute atomic E-state index is 12.6. The molecule has 1 saturated heterocycles. The molecule has 9 heteroatoms. The van der Waals surface area contributed by atoms with Gasteiger partial charge in [-0.15, -0.1) is 0 Å². The number of ether oxygens (including phenoxy) is 2. The van der Waals surface area contributed by atoms with Crippen LogP contribution in [0.25, 0.3) is 22.8 Å². The highest BCUT2D eigenvalue weighted by atomic mass is 16.5. The molecule has 3 aromatic rings. The minimum atomic E-state index is -0.0334. The average Bonchev–Trinajstić information content (AvgIpc) is 3.55. The fraction of sp³-hybridized carbons (Fsp3) is 0.407. The van der Waals surface area contributed by atoms with Crippen LogP contribution in [-0.2, 0) is 16.0 Å². The Morgan fingerprint density at radius 2 is 2.11 bits per heavy atom. The van der Waals surface area contributed by atoms with E-state index < -0.39 is 0 Å². The first-order valence-electron chi connectivity index (χ1n) is 12.3. The summed E-state index contributed by atoms with van der Waals surface area (Å²) in [6.45, 7) is 6.63. The molecule has 0 spiro atoms. The van der Waals surface area contributed by atoms with Gasteiger partial charge in [0.05, 0.1) is 31.4 Å². The van der Waals surface area contributed by atoms with Gasteiger partial charge in [-0.2, -0.15) is 10.2 Å². The first-order chi connectivity index (χ1) is 17.5. The lowest BCUT2D eigenvalue weighted by atomic mass is 10.0. The minimum absolute atomic E-state index is 0.0334. The molecule has 1 fully saturated rings. The van der Waals surface area contributed by atoms with Crippen molar-refractivity contribution in [2.45, 2.75) is 38.8 Å². The summed E-state index contributed by atoms with van der Waals surface area (Å²) in [5.74, 6) is 1.49. The molecule has 186 valence electrons. The number of carbonyl (C=O) groups excluding carboxylic acids is 1. The Hall–Kier alpha value is -3.74.